The lowest BCUT2D eigenvalue weighted by atomic mass is 9.62. The summed E-state index contributed by atoms with van der Waals surface area (Å²) in [5, 5.41) is 12.7. The normalized spacial score (nSPS) is 31.9. The molecule has 0 unspecified atom stereocenters. The Kier molecular flexibility index (Phi) is 4.04. The summed E-state index contributed by atoms with van der Waals surface area (Å²) < 4.78 is 0. The zero-order valence-electron chi connectivity index (χ0n) is 15.4. The molecule has 0 saturated heterocycles. The first kappa shape index (κ1) is 17.2. The summed E-state index contributed by atoms with van der Waals surface area (Å²) in [5.74, 6) is -1.08. The largest absolute Gasteiger partial charge is 0.481 e. The van der Waals surface area contributed by atoms with Crippen LogP contribution in [0.25, 0.3) is 0 Å². The summed E-state index contributed by atoms with van der Waals surface area (Å²) in [6.07, 6.45) is 9.53. The molecule has 5 heteroatoms. The zero-order chi connectivity index (χ0) is 19.3. The van der Waals surface area contributed by atoms with Crippen molar-refractivity contribution in [2.24, 2.45) is 35.5 Å². The molecule has 5 nitrogen and oxygen atoms in total. The molecule has 28 heavy (non-hydrogen) atoms. The van der Waals surface area contributed by atoms with Gasteiger partial charge in [0.15, 0.2) is 0 Å². The van der Waals surface area contributed by atoms with E-state index >= 15 is 0 Å². The second kappa shape index (κ2) is 6.59. The molecule has 142 valence electrons. The van der Waals surface area contributed by atoms with Crippen LogP contribution in [0.15, 0.2) is 60.9 Å². The Balaban J connectivity index is 1.30. The Morgan fingerprint density at radius 2 is 1.54 bits per heavy atom. The fraction of sp³-hybridized carbons (Fsp3) is 0.348. The van der Waals surface area contributed by atoms with Gasteiger partial charge < -0.3 is 10.4 Å². The Bertz CT molecular complexity index is 938. The van der Waals surface area contributed by atoms with Crippen molar-refractivity contribution in [2.75, 3.05) is 5.32 Å². The number of nitrogens with zero attached hydrogens (tertiary/aromatic N) is 1. The molecule has 0 aliphatic heterocycles. The lowest BCUT2D eigenvalue weighted by Crippen LogP contribution is -2.48. The Labute approximate surface area is 163 Å². The maximum Gasteiger partial charge on any atom is 0.307 e. The standard InChI is InChI=1S/C23H22N2O3/c26-22(20-16-5-6-17(19-12-18(16)19)21(20)23(27)28)25-15-3-1-13(2-4-15)11-14-7-9-24-10-8-14/h1-10,16-21H,11-12H2,(H,25,26)(H,27,28)/t16-,17-,18-,19-,20-,21+/m1/s1. The summed E-state index contributed by atoms with van der Waals surface area (Å²) in [5.41, 5.74) is 3.04. The number of carbonyl (C=O) groups is 2. The highest BCUT2D eigenvalue weighted by Crippen LogP contribution is 2.63. The fourth-order valence-corrected chi connectivity index (χ4v) is 5.24. The molecule has 1 heterocycles. The van der Waals surface area contributed by atoms with Crippen LogP contribution < -0.4 is 5.32 Å². The average Bonchev–Trinajstić information content (AvgIpc) is 3.52. The van der Waals surface area contributed by atoms with Crippen LogP contribution in [0.1, 0.15) is 17.5 Å². The number of carboxylic acid groups (broad SMARTS) is 1. The van der Waals surface area contributed by atoms with Crippen LogP contribution in [0.2, 0.25) is 0 Å². The lowest BCUT2D eigenvalue weighted by molar-refractivity contribution is -0.152. The van der Waals surface area contributed by atoms with Crippen LogP contribution in [0, 0.1) is 35.5 Å². The van der Waals surface area contributed by atoms with Crippen LogP contribution in [0.4, 0.5) is 5.69 Å². The number of carboxylic acids is 1. The van der Waals surface area contributed by atoms with E-state index in [1.165, 1.54) is 5.56 Å². The second-order valence-electron chi connectivity index (χ2n) is 8.21. The van der Waals surface area contributed by atoms with Gasteiger partial charge in [0.25, 0.3) is 0 Å². The summed E-state index contributed by atoms with van der Waals surface area (Å²) in [6.45, 7) is 0. The van der Waals surface area contributed by atoms with Crippen molar-refractivity contribution >= 4 is 17.6 Å². The Hall–Kier alpha value is -2.95. The van der Waals surface area contributed by atoms with E-state index in [-0.39, 0.29) is 17.7 Å². The monoisotopic (exact) mass is 374 g/mol. The van der Waals surface area contributed by atoms with Gasteiger partial charge in [-0.15, -0.1) is 0 Å². The van der Waals surface area contributed by atoms with Gasteiger partial charge in [0.2, 0.25) is 5.91 Å². The van der Waals surface area contributed by atoms with Crippen molar-refractivity contribution in [3.05, 3.63) is 72.1 Å². The highest BCUT2D eigenvalue weighted by atomic mass is 16.4. The number of hydrogen-bond acceptors (Lipinski definition) is 3. The van der Waals surface area contributed by atoms with Crippen molar-refractivity contribution in [1.29, 1.82) is 0 Å². The molecule has 1 aromatic carbocycles. The highest BCUT2D eigenvalue weighted by molar-refractivity contribution is 5.96. The molecule has 6 atom stereocenters. The maximum atomic E-state index is 13.0. The van der Waals surface area contributed by atoms with Crippen LogP contribution in [-0.4, -0.2) is 22.0 Å². The minimum Gasteiger partial charge on any atom is -0.481 e. The van der Waals surface area contributed by atoms with Gasteiger partial charge in [0.05, 0.1) is 11.8 Å². The molecule has 2 saturated carbocycles. The van der Waals surface area contributed by atoms with E-state index in [1.54, 1.807) is 12.4 Å². The number of fused-ring (bicyclic) bond motifs is 1. The number of hydrogen-bond donors (Lipinski definition) is 2. The first-order chi connectivity index (χ1) is 13.6. The summed E-state index contributed by atoms with van der Waals surface area (Å²) in [6, 6.07) is 11.7. The van der Waals surface area contributed by atoms with Gasteiger partial charge in [0, 0.05) is 18.1 Å². The quantitative estimate of drug-likeness (QED) is 0.787. The molecule has 2 fully saturated rings. The molecule has 2 bridgehead atoms. The van der Waals surface area contributed by atoms with E-state index in [0.717, 1.165) is 18.4 Å². The third-order valence-electron chi connectivity index (χ3n) is 6.62. The van der Waals surface area contributed by atoms with E-state index < -0.39 is 17.8 Å². The lowest BCUT2D eigenvalue weighted by Gasteiger charge is -2.41. The van der Waals surface area contributed by atoms with E-state index in [4.69, 9.17) is 0 Å². The topological polar surface area (TPSA) is 79.3 Å². The average molecular weight is 374 g/mol. The van der Waals surface area contributed by atoms with Crippen molar-refractivity contribution in [3.8, 4) is 0 Å². The third-order valence-corrected chi connectivity index (χ3v) is 6.62. The van der Waals surface area contributed by atoms with Gasteiger partial charge in [0.1, 0.15) is 0 Å². The van der Waals surface area contributed by atoms with Crippen LogP contribution >= 0.6 is 0 Å². The number of anilines is 1. The van der Waals surface area contributed by atoms with Gasteiger partial charge in [-0.3, -0.25) is 14.6 Å². The highest BCUT2D eigenvalue weighted by Gasteiger charge is 2.62. The number of aromatic nitrogens is 1. The van der Waals surface area contributed by atoms with Crippen molar-refractivity contribution in [3.63, 3.8) is 0 Å². The van der Waals surface area contributed by atoms with Gasteiger partial charge in [-0.1, -0.05) is 24.3 Å². The molecule has 1 amide bonds. The molecule has 6 rings (SSSR count). The zero-order valence-corrected chi connectivity index (χ0v) is 15.4. The first-order valence-electron chi connectivity index (χ1n) is 9.81. The van der Waals surface area contributed by atoms with E-state index in [0.29, 0.717) is 17.5 Å². The predicted molar refractivity (Wildman–Crippen MR) is 104 cm³/mol. The molecule has 2 N–H and O–H groups in total. The minimum atomic E-state index is -0.849. The second-order valence-corrected chi connectivity index (χ2v) is 8.21. The molecule has 4 aliphatic carbocycles. The molecule has 2 aromatic rings. The SMILES string of the molecule is O=C(Nc1ccc(Cc2ccncc2)cc1)[C@@H]1[C@@H]2C=C[C@H]([C@H]3C[C@H]23)[C@@H]1C(=O)O. The predicted octanol–water partition coefficient (Wildman–Crippen LogP) is 3.38. The number of benzene rings is 1. The summed E-state index contributed by atoms with van der Waals surface area (Å²) in [4.78, 5) is 28.9. The van der Waals surface area contributed by atoms with E-state index in [9.17, 15) is 14.7 Å². The number of pyridine rings is 1. The number of aliphatic carboxylic acids is 1. The number of allylic oxidation sites excluding steroid dienone is 2. The number of rotatable bonds is 5. The van der Waals surface area contributed by atoms with Crippen molar-refractivity contribution in [1.82, 2.24) is 4.98 Å². The van der Waals surface area contributed by atoms with Crippen LogP contribution in [0.3, 0.4) is 0 Å². The summed E-state index contributed by atoms with van der Waals surface area (Å²) >= 11 is 0. The number of nitrogens with one attached hydrogen (secondary N) is 1. The van der Waals surface area contributed by atoms with Crippen LogP contribution in [0.5, 0.6) is 0 Å². The molecular formula is C23H22N2O3. The Morgan fingerprint density at radius 3 is 2.18 bits per heavy atom. The molecular weight excluding hydrogens is 352 g/mol. The van der Waals surface area contributed by atoms with E-state index in [2.05, 4.69) is 16.4 Å². The van der Waals surface area contributed by atoms with Gasteiger partial charge >= 0.3 is 5.97 Å². The Morgan fingerprint density at radius 1 is 0.929 bits per heavy atom. The van der Waals surface area contributed by atoms with Crippen molar-refractivity contribution < 1.29 is 14.7 Å². The number of carbonyl (C=O) groups excluding carboxylic acids is 1. The first-order valence-corrected chi connectivity index (χ1v) is 9.81. The fourth-order valence-electron chi connectivity index (χ4n) is 5.24. The van der Waals surface area contributed by atoms with Gasteiger partial charge in [-0.05, 0) is 71.9 Å². The van der Waals surface area contributed by atoms with Gasteiger partial charge in [-0.25, -0.2) is 0 Å². The van der Waals surface area contributed by atoms with Crippen LogP contribution in [-0.2, 0) is 16.0 Å². The van der Waals surface area contributed by atoms with Crippen molar-refractivity contribution in [2.45, 2.75) is 12.8 Å². The smallest absolute Gasteiger partial charge is 0.307 e. The number of amides is 1. The molecule has 1 aromatic heterocycles. The van der Waals surface area contributed by atoms with Gasteiger partial charge in [-0.2, -0.15) is 0 Å². The maximum absolute atomic E-state index is 13.0. The third kappa shape index (κ3) is 2.91. The van der Waals surface area contributed by atoms with E-state index in [1.807, 2.05) is 42.5 Å². The molecule has 4 aliphatic rings. The minimum absolute atomic E-state index is 0.00554. The summed E-state index contributed by atoms with van der Waals surface area (Å²) in [7, 11) is 0. The molecule has 0 spiro atoms. The molecule has 0 radical (unpaired) electrons.